The first-order valence-electron chi connectivity index (χ1n) is 8.57. The van der Waals surface area contributed by atoms with Crippen molar-refractivity contribution >= 4 is 34.6 Å². The van der Waals surface area contributed by atoms with Gasteiger partial charge in [-0.2, -0.15) is 0 Å². The summed E-state index contributed by atoms with van der Waals surface area (Å²) in [4.78, 5) is 37.4. The Morgan fingerprint density at radius 1 is 1.22 bits per heavy atom. The number of aryl methyl sites for hydroxylation is 1. The first-order valence-corrected chi connectivity index (χ1v) is 9.39. The van der Waals surface area contributed by atoms with E-state index in [9.17, 15) is 14.7 Å². The van der Waals surface area contributed by atoms with Crippen molar-refractivity contribution in [3.05, 3.63) is 45.0 Å². The summed E-state index contributed by atoms with van der Waals surface area (Å²) in [6, 6.07) is 3.55. The Labute approximate surface area is 162 Å². The fraction of sp³-hybridized carbons (Fsp3) is 0.368. The molecular formula is C19H22N4O3S. The number of nitrogens with zero attached hydrogens (tertiary/aromatic N) is 4. The lowest BCUT2D eigenvalue weighted by molar-refractivity contribution is -0.127. The number of pyridine rings is 1. The molecule has 0 spiro atoms. The molecule has 2 heterocycles. The van der Waals surface area contributed by atoms with Crippen LogP contribution in [0.4, 0.5) is 5.82 Å². The number of carbonyl (C=O) groups is 2. The number of allylic oxidation sites excluding steroid dienone is 1. The Bertz CT molecular complexity index is 914. The Morgan fingerprint density at radius 2 is 1.96 bits per heavy atom. The molecule has 0 aliphatic heterocycles. The third kappa shape index (κ3) is 3.85. The highest BCUT2D eigenvalue weighted by Gasteiger charge is 2.29. The van der Waals surface area contributed by atoms with Crippen molar-refractivity contribution in [1.29, 1.82) is 0 Å². The number of carbonyl (C=O) groups excluding carboxylic acids is 2. The summed E-state index contributed by atoms with van der Waals surface area (Å²) >= 11 is 1.24. The maximum Gasteiger partial charge on any atom is 0.228 e. The average Bonchev–Trinajstić information content (AvgIpc) is 3.05. The Balaban J connectivity index is 1.88. The maximum absolute atomic E-state index is 12.9. The molecule has 0 fully saturated rings. The molecule has 0 aromatic carbocycles. The second kappa shape index (κ2) is 7.48. The number of thiazole rings is 1. The van der Waals surface area contributed by atoms with Crippen LogP contribution in [0.1, 0.15) is 32.4 Å². The topological polar surface area (TPSA) is 86.6 Å². The summed E-state index contributed by atoms with van der Waals surface area (Å²) in [7, 11) is 7.15. The maximum atomic E-state index is 12.9. The van der Waals surface area contributed by atoms with Gasteiger partial charge in [-0.05, 0) is 25.0 Å². The highest BCUT2D eigenvalue weighted by molar-refractivity contribution is 7.14. The molecule has 0 atom stereocenters. The van der Waals surface area contributed by atoms with Crippen LogP contribution in [-0.2, 0) is 17.6 Å². The van der Waals surface area contributed by atoms with Crippen LogP contribution < -0.4 is 4.90 Å². The smallest absolute Gasteiger partial charge is 0.228 e. The fourth-order valence-electron chi connectivity index (χ4n) is 2.80. The van der Waals surface area contributed by atoms with E-state index in [1.165, 1.54) is 16.2 Å². The van der Waals surface area contributed by atoms with Gasteiger partial charge in [0.25, 0.3) is 0 Å². The van der Waals surface area contributed by atoms with E-state index in [0.717, 1.165) is 5.82 Å². The summed E-state index contributed by atoms with van der Waals surface area (Å²) in [5, 5.41) is 11.3. The lowest BCUT2D eigenvalue weighted by Crippen LogP contribution is -2.23. The van der Waals surface area contributed by atoms with Gasteiger partial charge in [-0.25, -0.2) is 9.97 Å². The van der Waals surface area contributed by atoms with Gasteiger partial charge in [0.15, 0.2) is 0 Å². The predicted octanol–water partition coefficient (Wildman–Crippen LogP) is 2.33. The van der Waals surface area contributed by atoms with Crippen molar-refractivity contribution < 1.29 is 14.7 Å². The quantitative estimate of drug-likeness (QED) is 0.641. The Kier molecular flexibility index (Phi) is 5.27. The molecule has 1 aliphatic carbocycles. The lowest BCUT2D eigenvalue weighted by atomic mass is 9.93. The number of anilines is 1. The summed E-state index contributed by atoms with van der Waals surface area (Å²) in [6.45, 7) is 0. The number of hydrogen-bond acceptors (Lipinski definition) is 7. The van der Waals surface area contributed by atoms with Crippen molar-refractivity contribution in [3.8, 4) is 0 Å². The van der Waals surface area contributed by atoms with Gasteiger partial charge in [-0.3, -0.25) is 9.59 Å². The third-order valence-corrected chi connectivity index (χ3v) is 5.50. The van der Waals surface area contributed by atoms with E-state index >= 15 is 0 Å². The van der Waals surface area contributed by atoms with Crippen molar-refractivity contribution in [1.82, 2.24) is 14.9 Å². The second-order valence-corrected chi connectivity index (χ2v) is 7.89. The molecule has 8 heteroatoms. The zero-order valence-corrected chi connectivity index (χ0v) is 16.6. The number of likely N-dealkylation sites (N-methyl/N-ethyl adjacent to an activating group) is 1. The molecule has 0 saturated heterocycles. The average molecular weight is 386 g/mol. The van der Waals surface area contributed by atoms with Crippen LogP contribution in [0.5, 0.6) is 0 Å². The molecule has 142 valence electrons. The van der Waals surface area contributed by atoms with Gasteiger partial charge in [-0.15, -0.1) is 11.3 Å². The minimum atomic E-state index is -0.216. The zero-order chi connectivity index (χ0) is 19.7. The summed E-state index contributed by atoms with van der Waals surface area (Å²) in [5.41, 5.74) is 1.60. The molecule has 1 amide bonds. The van der Waals surface area contributed by atoms with Crippen LogP contribution in [0.2, 0.25) is 0 Å². The molecular weight excluding hydrogens is 364 g/mol. The number of fused-ring (bicyclic) bond motifs is 1. The molecule has 27 heavy (non-hydrogen) atoms. The van der Waals surface area contributed by atoms with Gasteiger partial charge in [0.1, 0.15) is 16.6 Å². The standard InChI is InChI=1S/C19H22N4O3S/c1-22(2)14-8-5-11(10-20-14)17(25)12-6-7-13-19(18(12)26)27-15(21-13)9-16(24)23(3)4/h5,8,10,25H,6-7,9H2,1-4H3/b17-12-. The lowest BCUT2D eigenvalue weighted by Gasteiger charge is -2.15. The molecule has 1 aliphatic rings. The second-order valence-electron chi connectivity index (χ2n) is 6.80. The number of hydrogen-bond donors (Lipinski definition) is 1. The van der Waals surface area contributed by atoms with E-state index in [0.29, 0.717) is 39.6 Å². The van der Waals surface area contributed by atoms with E-state index in [1.54, 1.807) is 32.4 Å². The number of ketones is 1. The summed E-state index contributed by atoms with van der Waals surface area (Å²) in [5.74, 6) is 0.458. The molecule has 7 nitrogen and oxygen atoms in total. The van der Waals surface area contributed by atoms with Gasteiger partial charge in [0.05, 0.1) is 17.0 Å². The van der Waals surface area contributed by atoms with Gasteiger partial charge >= 0.3 is 0 Å². The highest BCUT2D eigenvalue weighted by atomic mass is 32.1. The number of aliphatic hydroxyl groups excluding tert-OH is 1. The van der Waals surface area contributed by atoms with E-state index in [1.807, 2.05) is 19.0 Å². The van der Waals surface area contributed by atoms with Crippen molar-refractivity contribution in [3.63, 3.8) is 0 Å². The molecule has 0 bridgehead atoms. The minimum Gasteiger partial charge on any atom is -0.507 e. The monoisotopic (exact) mass is 386 g/mol. The molecule has 2 aromatic heterocycles. The van der Waals surface area contributed by atoms with Crippen LogP contribution in [0.3, 0.4) is 0 Å². The van der Waals surface area contributed by atoms with Crippen LogP contribution in [0.25, 0.3) is 5.76 Å². The number of aliphatic hydroxyl groups is 1. The van der Waals surface area contributed by atoms with Crippen molar-refractivity contribution in [2.75, 3.05) is 33.1 Å². The van der Waals surface area contributed by atoms with Crippen LogP contribution >= 0.6 is 11.3 Å². The number of Topliss-reactive ketones (excluding diaryl/α,β-unsaturated/α-hetero) is 1. The van der Waals surface area contributed by atoms with E-state index in [-0.39, 0.29) is 23.9 Å². The van der Waals surface area contributed by atoms with Crippen LogP contribution in [0, 0.1) is 0 Å². The van der Waals surface area contributed by atoms with E-state index < -0.39 is 0 Å². The molecule has 0 radical (unpaired) electrons. The molecule has 3 rings (SSSR count). The molecule has 0 unspecified atom stereocenters. The summed E-state index contributed by atoms with van der Waals surface area (Å²) < 4.78 is 0. The third-order valence-electron chi connectivity index (χ3n) is 4.40. The SMILES string of the molecule is CN(C)C(=O)Cc1nc2c(s1)C(=O)/C(=C(\O)c1ccc(N(C)C)nc1)CC2. The zero-order valence-electron chi connectivity index (χ0n) is 15.8. The fourth-order valence-corrected chi connectivity index (χ4v) is 3.86. The minimum absolute atomic E-state index is 0.0391. The number of amides is 1. The summed E-state index contributed by atoms with van der Waals surface area (Å²) in [6.07, 6.45) is 2.72. The Hall–Kier alpha value is -2.74. The van der Waals surface area contributed by atoms with Gasteiger partial charge in [0, 0.05) is 45.5 Å². The molecule has 2 aromatic rings. The van der Waals surface area contributed by atoms with Crippen LogP contribution in [-0.4, -0.2) is 59.9 Å². The number of aromatic nitrogens is 2. The van der Waals surface area contributed by atoms with E-state index in [2.05, 4.69) is 9.97 Å². The van der Waals surface area contributed by atoms with Crippen LogP contribution in [0.15, 0.2) is 23.9 Å². The first kappa shape index (κ1) is 19.0. The van der Waals surface area contributed by atoms with Crippen molar-refractivity contribution in [2.24, 2.45) is 0 Å². The van der Waals surface area contributed by atoms with Gasteiger partial charge < -0.3 is 14.9 Å². The van der Waals surface area contributed by atoms with Gasteiger partial charge in [0.2, 0.25) is 11.7 Å². The normalized spacial score (nSPS) is 15.3. The Morgan fingerprint density at radius 3 is 2.56 bits per heavy atom. The van der Waals surface area contributed by atoms with Crippen molar-refractivity contribution in [2.45, 2.75) is 19.3 Å². The number of rotatable bonds is 4. The highest BCUT2D eigenvalue weighted by Crippen LogP contribution is 2.33. The van der Waals surface area contributed by atoms with Gasteiger partial charge in [-0.1, -0.05) is 0 Å². The molecule has 1 N–H and O–H groups in total. The molecule has 0 saturated carbocycles. The first-order chi connectivity index (χ1) is 12.8. The largest absolute Gasteiger partial charge is 0.507 e. The predicted molar refractivity (Wildman–Crippen MR) is 105 cm³/mol. The van der Waals surface area contributed by atoms with E-state index in [4.69, 9.17) is 0 Å².